The molecule has 0 fully saturated rings. The Bertz CT molecular complexity index is 554. The molecule has 1 aromatic heterocycles. The molecule has 2 aromatic rings. The van der Waals surface area contributed by atoms with Crippen LogP contribution in [0.25, 0.3) is 0 Å². The van der Waals surface area contributed by atoms with Crippen molar-refractivity contribution >= 4 is 0 Å². The lowest BCUT2D eigenvalue weighted by Crippen LogP contribution is -2.32. The molecular weight excluding hydrogens is 266 g/mol. The molecule has 0 aliphatic carbocycles. The molecule has 0 saturated heterocycles. The Hall–Kier alpha value is -1.85. The van der Waals surface area contributed by atoms with Crippen LogP contribution >= 0.6 is 0 Å². The van der Waals surface area contributed by atoms with Crippen molar-refractivity contribution in [2.24, 2.45) is 7.05 Å². The van der Waals surface area contributed by atoms with Crippen LogP contribution in [-0.2, 0) is 13.5 Å². The zero-order valence-corrected chi connectivity index (χ0v) is 12.6. The smallest absolute Gasteiger partial charge is 0.122 e. The standard InChI is InChI=1S/C16H23N3O2/c1-13-5-3-4-6-16(13)21-12-15(20)10-17-8-7-14-9-18-19(2)11-14/h3-6,9,11,15,17,20H,7-8,10,12H2,1-2H3. The molecule has 0 radical (unpaired) electrons. The maximum Gasteiger partial charge on any atom is 0.122 e. The molecule has 21 heavy (non-hydrogen) atoms. The monoisotopic (exact) mass is 289 g/mol. The van der Waals surface area contributed by atoms with E-state index in [2.05, 4.69) is 10.4 Å². The van der Waals surface area contributed by atoms with E-state index in [1.54, 1.807) is 4.68 Å². The van der Waals surface area contributed by atoms with E-state index in [0.29, 0.717) is 13.2 Å². The maximum atomic E-state index is 9.90. The minimum atomic E-state index is -0.515. The molecule has 1 heterocycles. The van der Waals surface area contributed by atoms with E-state index in [0.717, 1.165) is 24.3 Å². The van der Waals surface area contributed by atoms with E-state index in [9.17, 15) is 5.11 Å². The van der Waals surface area contributed by atoms with Crippen LogP contribution in [0.15, 0.2) is 36.7 Å². The van der Waals surface area contributed by atoms with Gasteiger partial charge in [-0.25, -0.2) is 0 Å². The van der Waals surface area contributed by atoms with Crippen LogP contribution in [0.4, 0.5) is 0 Å². The Kier molecular flexibility index (Phi) is 5.78. The van der Waals surface area contributed by atoms with Crippen LogP contribution in [0.2, 0.25) is 0 Å². The third-order valence-corrected chi connectivity index (χ3v) is 3.25. The summed E-state index contributed by atoms with van der Waals surface area (Å²) in [6.07, 6.45) is 4.25. The van der Waals surface area contributed by atoms with Crippen LogP contribution in [0.5, 0.6) is 5.75 Å². The number of nitrogens with one attached hydrogen (secondary N) is 1. The Morgan fingerprint density at radius 2 is 2.19 bits per heavy atom. The van der Waals surface area contributed by atoms with Gasteiger partial charge in [-0.1, -0.05) is 18.2 Å². The van der Waals surface area contributed by atoms with Gasteiger partial charge in [-0.3, -0.25) is 4.68 Å². The predicted molar refractivity (Wildman–Crippen MR) is 82.5 cm³/mol. The molecule has 0 spiro atoms. The lowest BCUT2D eigenvalue weighted by molar-refractivity contribution is 0.106. The summed E-state index contributed by atoms with van der Waals surface area (Å²) >= 11 is 0. The first kappa shape index (κ1) is 15.5. The summed E-state index contributed by atoms with van der Waals surface area (Å²) in [5.74, 6) is 0.826. The molecular formula is C16H23N3O2. The summed E-state index contributed by atoms with van der Waals surface area (Å²) in [4.78, 5) is 0. The third kappa shape index (κ3) is 5.21. The minimum absolute atomic E-state index is 0.296. The Morgan fingerprint density at radius 3 is 2.90 bits per heavy atom. The summed E-state index contributed by atoms with van der Waals surface area (Å²) in [5.41, 5.74) is 2.27. The lowest BCUT2D eigenvalue weighted by Gasteiger charge is -2.14. The maximum absolute atomic E-state index is 9.90. The molecule has 0 aliphatic heterocycles. The number of hydrogen-bond donors (Lipinski definition) is 2. The van der Waals surface area contributed by atoms with Crippen molar-refractivity contribution in [1.82, 2.24) is 15.1 Å². The number of aromatic nitrogens is 2. The molecule has 114 valence electrons. The molecule has 5 nitrogen and oxygen atoms in total. The predicted octanol–water partition coefficient (Wildman–Crippen LogP) is 1.30. The van der Waals surface area contributed by atoms with Crippen LogP contribution in [0.1, 0.15) is 11.1 Å². The van der Waals surface area contributed by atoms with Crippen molar-refractivity contribution in [3.8, 4) is 5.75 Å². The van der Waals surface area contributed by atoms with E-state index in [1.165, 1.54) is 5.56 Å². The quantitative estimate of drug-likeness (QED) is 0.719. The van der Waals surface area contributed by atoms with Crippen LogP contribution < -0.4 is 10.1 Å². The Labute approximate surface area is 125 Å². The second-order valence-electron chi connectivity index (χ2n) is 5.21. The molecule has 0 amide bonds. The topological polar surface area (TPSA) is 59.3 Å². The highest BCUT2D eigenvalue weighted by molar-refractivity contribution is 5.31. The number of aryl methyl sites for hydroxylation is 2. The fourth-order valence-corrected chi connectivity index (χ4v) is 2.07. The first-order valence-electron chi connectivity index (χ1n) is 7.20. The van der Waals surface area contributed by atoms with Gasteiger partial charge in [0.2, 0.25) is 0 Å². The number of aliphatic hydroxyl groups excluding tert-OH is 1. The van der Waals surface area contributed by atoms with E-state index < -0.39 is 6.10 Å². The van der Waals surface area contributed by atoms with Gasteiger partial charge >= 0.3 is 0 Å². The summed E-state index contributed by atoms with van der Waals surface area (Å²) in [6.45, 7) is 3.62. The number of benzene rings is 1. The summed E-state index contributed by atoms with van der Waals surface area (Å²) < 4.78 is 7.41. The van der Waals surface area contributed by atoms with E-state index >= 15 is 0 Å². The minimum Gasteiger partial charge on any atom is -0.491 e. The van der Waals surface area contributed by atoms with E-state index in [-0.39, 0.29) is 0 Å². The number of nitrogens with zero attached hydrogens (tertiary/aromatic N) is 2. The average Bonchev–Trinajstić information content (AvgIpc) is 2.88. The van der Waals surface area contributed by atoms with Gasteiger partial charge < -0.3 is 15.2 Å². The highest BCUT2D eigenvalue weighted by atomic mass is 16.5. The molecule has 2 N–H and O–H groups in total. The van der Waals surface area contributed by atoms with Crippen molar-refractivity contribution in [2.45, 2.75) is 19.4 Å². The number of hydrogen-bond acceptors (Lipinski definition) is 4. The van der Waals surface area contributed by atoms with Gasteiger partial charge in [-0.05, 0) is 37.1 Å². The summed E-state index contributed by atoms with van der Waals surface area (Å²) in [5, 5.41) is 17.2. The molecule has 5 heteroatoms. The molecule has 0 bridgehead atoms. The molecule has 1 atom stereocenters. The van der Waals surface area contributed by atoms with E-state index in [1.807, 2.05) is 50.6 Å². The van der Waals surface area contributed by atoms with Crippen molar-refractivity contribution < 1.29 is 9.84 Å². The van der Waals surface area contributed by atoms with Crippen molar-refractivity contribution in [2.75, 3.05) is 19.7 Å². The fraction of sp³-hybridized carbons (Fsp3) is 0.438. The number of para-hydroxylation sites is 1. The molecule has 0 aliphatic rings. The normalized spacial score (nSPS) is 12.3. The SMILES string of the molecule is Cc1ccccc1OCC(O)CNCCc1cnn(C)c1. The van der Waals surface area contributed by atoms with Gasteiger partial charge in [0.25, 0.3) is 0 Å². The van der Waals surface area contributed by atoms with Gasteiger partial charge in [-0.15, -0.1) is 0 Å². The van der Waals surface area contributed by atoms with Crippen LogP contribution in [0, 0.1) is 6.92 Å². The third-order valence-electron chi connectivity index (χ3n) is 3.25. The van der Waals surface area contributed by atoms with Gasteiger partial charge in [0.15, 0.2) is 0 Å². The summed E-state index contributed by atoms with van der Waals surface area (Å²) in [6, 6.07) is 7.81. The largest absolute Gasteiger partial charge is 0.491 e. The first-order valence-corrected chi connectivity index (χ1v) is 7.20. The number of rotatable bonds is 8. The van der Waals surface area contributed by atoms with Crippen molar-refractivity contribution in [3.05, 3.63) is 47.8 Å². The highest BCUT2D eigenvalue weighted by Gasteiger charge is 2.06. The fourth-order valence-electron chi connectivity index (χ4n) is 2.07. The van der Waals surface area contributed by atoms with Gasteiger partial charge in [0.1, 0.15) is 18.5 Å². The zero-order valence-electron chi connectivity index (χ0n) is 12.6. The second-order valence-corrected chi connectivity index (χ2v) is 5.21. The van der Waals surface area contributed by atoms with Gasteiger partial charge in [0.05, 0.1) is 6.20 Å². The zero-order chi connectivity index (χ0) is 15.1. The summed E-state index contributed by atoms with van der Waals surface area (Å²) in [7, 11) is 1.91. The molecule has 1 aromatic carbocycles. The molecule has 1 unspecified atom stereocenters. The van der Waals surface area contributed by atoms with Crippen LogP contribution in [0.3, 0.4) is 0 Å². The van der Waals surface area contributed by atoms with Gasteiger partial charge in [0, 0.05) is 19.8 Å². The van der Waals surface area contributed by atoms with Crippen LogP contribution in [-0.4, -0.2) is 40.7 Å². The van der Waals surface area contributed by atoms with Crippen molar-refractivity contribution in [1.29, 1.82) is 0 Å². The van der Waals surface area contributed by atoms with Gasteiger partial charge in [-0.2, -0.15) is 5.10 Å². The second kappa shape index (κ2) is 7.81. The van der Waals surface area contributed by atoms with E-state index in [4.69, 9.17) is 4.74 Å². The Balaban J connectivity index is 1.61. The molecule has 2 rings (SSSR count). The average molecular weight is 289 g/mol. The Morgan fingerprint density at radius 1 is 1.38 bits per heavy atom. The number of aliphatic hydroxyl groups is 1. The first-order chi connectivity index (χ1) is 10.1. The number of ether oxygens (including phenoxy) is 1. The van der Waals surface area contributed by atoms with Crippen molar-refractivity contribution in [3.63, 3.8) is 0 Å². The lowest BCUT2D eigenvalue weighted by atomic mass is 10.2. The highest BCUT2D eigenvalue weighted by Crippen LogP contribution is 2.16. The molecule has 0 saturated carbocycles.